The molecule has 0 spiro atoms. The number of carbonyl (C=O) groups is 1. The van der Waals surface area contributed by atoms with E-state index < -0.39 is 0 Å². The Morgan fingerprint density at radius 2 is 1.29 bits per heavy atom. The summed E-state index contributed by atoms with van der Waals surface area (Å²) in [5, 5.41) is 2.79. The first-order valence-electron chi connectivity index (χ1n) is 8.50. The van der Waals surface area contributed by atoms with Crippen molar-refractivity contribution in [2.24, 2.45) is 0 Å². The minimum atomic E-state index is -0.286. The number of rotatable bonds is 10. The smallest absolute Gasteiger partial charge is 0.251 e. The first-order chi connectivity index (χ1) is 13.6. The molecular weight excluding hydrogens is 366 g/mol. The van der Waals surface area contributed by atoms with Crippen LogP contribution in [0.4, 0.5) is 0 Å². The van der Waals surface area contributed by atoms with E-state index in [-0.39, 0.29) is 12.5 Å². The van der Waals surface area contributed by atoms with Crippen molar-refractivity contribution in [3.8, 4) is 34.5 Å². The lowest BCUT2D eigenvalue weighted by atomic mass is 10.1. The van der Waals surface area contributed by atoms with E-state index in [1.807, 2.05) is 0 Å². The Bertz CT molecular complexity index is 760. The summed E-state index contributed by atoms with van der Waals surface area (Å²) in [6, 6.07) is 8.40. The molecule has 152 valence electrons. The number of methoxy groups -OCH3 is 5. The van der Waals surface area contributed by atoms with Crippen molar-refractivity contribution >= 4 is 5.91 Å². The van der Waals surface area contributed by atoms with Gasteiger partial charge in [0.05, 0.1) is 42.1 Å². The van der Waals surface area contributed by atoms with Gasteiger partial charge in [-0.05, 0) is 12.1 Å². The lowest BCUT2D eigenvalue weighted by Gasteiger charge is -2.14. The quantitative estimate of drug-likeness (QED) is 0.623. The Morgan fingerprint density at radius 1 is 0.750 bits per heavy atom. The molecule has 0 aliphatic rings. The third-order valence-electron chi connectivity index (χ3n) is 3.91. The van der Waals surface area contributed by atoms with E-state index in [0.717, 1.165) is 0 Å². The number of amides is 1. The minimum Gasteiger partial charge on any atom is -0.496 e. The molecule has 28 heavy (non-hydrogen) atoms. The molecule has 1 N–H and O–H groups in total. The predicted molar refractivity (Wildman–Crippen MR) is 103 cm³/mol. The van der Waals surface area contributed by atoms with Gasteiger partial charge in [0.2, 0.25) is 5.75 Å². The number of hydrogen-bond acceptors (Lipinski definition) is 7. The standard InChI is InChI=1S/C20H25NO7/c1-23-14-10-15(24-2)12-16(11-14)28-7-6-21-20(22)13-8-17(25-3)19(27-5)18(9-13)26-4/h8-12H,6-7H2,1-5H3,(H,21,22). The van der Waals surface area contributed by atoms with E-state index in [0.29, 0.717) is 46.6 Å². The van der Waals surface area contributed by atoms with Crippen LogP contribution in [0.2, 0.25) is 0 Å². The van der Waals surface area contributed by atoms with Gasteiger partial charge in [-0.1, -0.05) is 0 Å². The molecule has 0 aromatic heterocycles. The van der Waals surface area contributed by atoms with Gasteiger partial charge in [-0.2, -0.15) is 0 Å². The zero-order valence-corrected chi connectivity index (χ0v) is 16.7. The number of carbonyl (C=O) groups excluding carboxylic acids is 1. The first kappa shape index (κ1) is 21.0. The molecule has 0 heterocycles. The molecule has 2 aromatic rings. The summed E-state index contributed by atoms with van der Waals surface area (Å²) >= 11 is 0. The summed E-state index contributed by atoms with van der Waals surface area (Å²) in [4.78, 5) is 12.4. The van der Waals surface area contributed by atoms with Gasteiger partial charge >= 0.3 is 0 Å². The predicted octanol–water partition coefficient (Wildman–Crippen LogP) is 2.54. The Kier molecular flexibility index (Phi) is 7.62. The van der Waals surface area contributed by atoms with Crippen LogP contribution in [0.5, 0.6) is 34.5 Å². The van der Waals surface area contributed by atoms with Gasteiger partial charge in [0, 0.05) is 23.8 Å². The Balaban J connectivity index is 1.98. The van der Waals surface area contributed by atoms with Gasteiger partial charge in [-0.25, -0.2) is 0 Å². The van der Waals surface area contributed by atoms with E-state index in [2.05, 4.69) is 5.32 Å². The van der Waals surface area contributed by atoms with Gasteiger partial charge in [0.1, 0.15) is 23.9 Å². The number of ether oxygens (including phenoxy) is 6. The van der Waals surface area contributed by atoms with Crippen LogP contribution in [0, 0.1) is 0 Å². The maximum atomic E-state index is 12.4. The Labute approximate surface area is 164 Å². The first-order valence-corrected chi connectivity index (χ1v) is 8.50. The molecule has 2 aromatic carbocycles. The van der Waals surface area contributed by atoms with Gasteiger partial charge in [-0.3, -0.25) is 4.79 Å². The zero-order chi connectivity index (χ0) is 20.5. The highest BCUT2D eigenvalue weighted by Gasteiger charge is 2.16. The van der Waals surface area contributed by atoms with Crippen LogP contribution in [-0.4, -0.2) is 54.6 Å². The summed E-state index contributed by atoms with van der Waals surface area (Å²) < 4.78 is 31.8. The summed E-state index contributed by atoms with van der Waals surface area (Å²) in [6.07, 6.45) is 0. The molecule has 8 heteroatoms. The average molecular weight is 391 g/mol. The number of hydrogen-bond donors (Lipinski definition) is 1. The van der Waals surface area contributed by atoms with Crippen molar-refractivity contribution in [2.75, 3.05) is 48.7 Å². The molecule has 0 radical (unpaired) electrons. The fraction of sp³-hybridized carbons (Fsp3) is 0.350. The number of benzene rings is 2. The molecule has 0 aliphatic heterocycles. The third kappa shape index (κ3) is 5.12. The van der Waals surface area contributed by atoms with Crippen molar-refractivity contribution in [3.05, 3.63) is 35.9 Å². The summed E-state index contributed by atoms with van der Waals surface area (Å²) in [5.74, 6) is 2.78. The normalized spacial score (nSPS) is 10.0. The third-order valence-corrected chi connectivity index (χ3v) is 3.91. The van der Waals surface area contributed by atoms with E-state index >= 15 is 0 Å². The maximum absolute atomic E-state index is 12.4. The molecule has 0 aliphatic carbocycles. The number of nitrogens with one attached hydrogen (secondary N) is 1. The van der Waals surface area contributed by atoms with E-state index in [9.17, 15) is 4.79 Å². The molecule has 0 unspecified atom stereocenters. The van der Waals surface area contributed by atoms with Crippen molar-refractivity contribution in [1.29, 1.82) is 0 Å². The molecule has 1 amide bonds. The van der Waals surface area contributed by atoms with Crippen LogP contribution in [0.25, 0.3) is 0 Å². The van der Waals surface area contributed by atoms with Gasteiger partial charge in [0.25, 0.3) is 5.91 Å². The summed E-state index contributed by atoms with van der Waals surface area (Å²) in [5.41, 5.74) is 0.387. The maximum Gasteiger partial charge on any atom is 0.251 e. The zero-order valence-electron chi connectivity index (χ0n) is 16.7. The van der Waals surface area contributed by atoms with Crippen LogP contribution >= 0.6 is 0 Å². The molecule has 0 atom stereocenters. The largest absolute Gasteiger partial charge is 0.496 e. The van der Waals surface area contributed by atoms with Crippen LogP contribution < -0.4 is 33.7 Å². The molecule has 0 bridgehead atoms. The van der Waals surface area contributed by atoms with Crippen LogP contribution in [0.3, 0.4) is 0 Å². The van der Waals surface area contributed by atoms with Crippen molar-refractivity contribution < 1.29 is 33.2 Å². The average Bonchev–Trinajstić information content (AvgIpc) is 2.74. The monoisotopic (exact) mass is 391 g/mol. The SMILES string of the molecule is COc1cc(OC)cc(OCCNC(=O)c2cc(OC)c(OC)c(OC)c2)c1. The van der Waals surface area contributed by atoms with Crippen molar-refractivity contribution in [2.45, 2.75) is 0 Å². The highest BCUT2D eigenvalue weighted by atomic mass is 16.5. The van der Waals surface area contributed by atoms with E-state index in [4.69, 9.17) is 28.4 Å². The summed E-state index contributed by atoms with van der Waals surface area (Å²) in [6.45, 7) is 0.571. The van der Waals surface area contributed by atoms with Crippen LogP contribution in [-0.2, 0) is 0 Å². The highest BCUT2D eigenvalue weighted by Crippen LogP contribution is 2.38. The molecule has 0 saturated carbocycles. The van der Waals surface area contributed by atoms with E-state index in [1.165, 1.54) is 21.3 Å². The summed E-state index contributed by atoms with van der Waals surface area (Å²) in [7, 11) is 7.63. The second kappa shape index (κ2) is 10.1. The Hall–Kier alpha value is -3.29. The van der Waals surface area contributed by atoms with Crippen molar-refractivity contribution in [3.63, 3.8) is 0 Å². The van der Waals surface area contributed by atoms with Crippen molar-refractivity contribution in [1.82, 2.24) is 5.32 Å². The minimum absolute atomic E-state index is 0.270. The fourth-order valence-electron chi connectivity index (χ4n) is 2.51. The van der Waals surface area contributed by atoms with Crippen LogP contribution in [0.1, 0.15) is 10.4 Å². The molecular formula is C20H25NO7. The van der Waals surface area contributed by atoms with Gasteiger partial charge in [0.15, 0.2) is 11.5 Å². The Morgan fingerprint density at radius 3 is 1.75 bits per heavy atom. The lowest BCUT2D eigenvalue weighted by molar-refractivity contribution is 0.0946. The molecule has 0 saturated heterocycles. The van der Waals surface area contributed by atoms with E-state index in [1.54, 1.807) is 44.6 Å². The second-order valence-corrected chi connectivity index (χ2v) is 5.57. The van der Waals surface area contributed by atoms with Gasteiger partial charge in [-0.15, -0.1) is 0 Å². The second-order valence-electron chi connectivity index (χ2n) is 5.57. The fourth-order valence-corrected chi connectivity index (χ4v) is 2.51. The lowest BCUT2D eigenvalue weighted by Crippen LogP contribution is -2.28. The van der Waals surface area contributed by atoms with Gasteiger partial charge < -0.3 is 33.7 Å². The highest BCUT2D eigenvalue weighted by molar-refractivity contribution is 5.95. The molecule has 0 fully saturated rings. The van der Waals surface area contributed by atoms with Crippen LogP contribution in [0.15, 0.2) is 30.3 Å². The topological polar surface area (TPSA) is 84.5 Å². The molecule has 8 nitrogen and oxygen atoms in total. The molecule has 2 rings (SSSR count).